The van der Waals surface area contributed by atoms with E-state index in [2.05, 4.69) is 50.2 Å². The van der Waals surface area contributed by atoms with E-state index < -0.39 is 0 Å². The highest BCUT2D eigenvalue weighted by Crippen LogP contribution is 2.20. The lowest BCUT2D eigenvalue weighted by molar-refractivity contribution is 1.38. The van der Waals surface area contributed by atoms with E-state index in [1.54, 1.807) is 0 Å². The van der Waals surface area contributed by atoms with Gasteiger partial charge in [0.05, 0.1) is 0 Å². The molecule has 0 bridgehead atoms. The summed E-state index contributed by atoms with van der Waals surface area (Å²) >= 11 is 0. The second kappa shape index (κ2) is 3.84. The molecule has 68 valence electrons. The van der Waals surface area contributed by atoms with Gasteiger partial charge < -0.3 is 0 Å². The summed E-state index contributed by atoms with van der Waals surface area (Å²) in [6, 6.07) is 12.9. The summed E-state index contributed by atoms with van der Waals surface area (Å²) < 4.78 is 0. The standard InChI is InChI=1S/C12H12.H2S/c1-9-7-8-11-5-3-4-6-12(11)10(9)2;/h3-8H,1-2H3;1H2. The number of fused-ring (bicyclic) bond motifs is 1. The minimum Gasteiger partial charge on any atom is -0.197 e. The smallest absolute Gasteiger partial charge is 0.0152 e. The molecule has 0 N–H and O–H groups in total. The van der Waals surface area contributed by atoms with Crippen molar-refractivity contribution in [3.05, 3.63) is 47.5 Å². The Bertz CT molecular complexity index is 418. The van der Waals surface area contributed by atoms with Crippen molar-refractivity contribution in [3.8, 4) is 0 Å². The van der Waals surface area contributed by atoms with Gasteiger partial charge in [0, 0.05) is 0 Å². The van der Waals surface area contributed by atoms with Crippen molar-refractivity contribution < 1.29 is 0 Å². The summed E-state index contributed by atoms with van der Waals surface area (Å²) in [5.74, 6) is 0. The molecule has 1 heteroatoms. The van der Waals surface area contributed by atoms with Gasteiger partial charge in [0.15, 0.2) is 0 Å². The number of aryl methyl sites for hydroxylation is 2. The van der Waals surface area contributed by atoms with Gasteiger partial charge in [-0.1, -0.05) is 36.4 Å². The zero-order valence-corrected chi connectivity index (χ0v) is 8.96. The molecule has 0 saturated carbocycles. The Kier molecular flexibility index (Phi) is 2.99. The fourth-order valence-electron chi connectivity index (χ4n) is 1.54. The maximum absolute atomic E-state index is 2.18. The van der Waals surface area contributed by atoms with Crippen LogP contribution in [0.3, 0.4) is 0 Å². The first-order chi connectivity index (χ1) is 5.79. The predicted molar refractivity (Wildman–Crippen MR) is 63.8 cm³/mol. The van der Waals surface area contributed by atoms with E-state index in [0.29, 0.717) is 0 Å². The summed E-state index contributed by atoms with van der Waals surface area (Å²) in [6.07, 6.45) is 0. The largest absolute Gasteiger partial charge is 0.197 e. The quantitative estimate of drug-likeness (QED) is 0.596. The SMILES string of the molecule is Cc1ccc2ccccc2c1C.S. The maximum atomic E-state index is 2.18. The second-order valence-corrected chi connectivity index (χ2v) is 3.23. The Labute approximate surface area is 86.0 Å². The lowest BCUT2D eigenvalue weighted by Crippen LogP contribution is -1.82. The first-order valence-corrected chi connectivity index (χ1v) is 4.24. The molecule has 0 radical (unpaired) electrons. The summed E-state index contributed by atoms with van der Waals surface area (Å²) in [5.41, 5.74) is 2.77. The Morgan fingerprint density at radius 3 is 2.31 bits per heavy atom. The zero-order chi connectivity index (χ0) is 8.55. The van der Waals surface area contributed by atoms with Gasteiger partial charge in [-0.3, -0.25) is 0 Å². The van der Waals surface area contributed by atoms with Crippen LogP contribution >= 0.6 is 13.5 Å². The number of hydrogen-bond acceptors (Lipinski definition) is 0. The summed E-state index contributed by atoms with van der Waals surface area (Å²) in [6.45, 7) is 4.33. The van der Waals surface area contributed by atoms with Crippen LogP contribution in [0.15, 0.2) is 36.4 Å². The fraction of sp³-hybridized carbons (Fsp3) is 0.167. The molecule has 0 aromatic heterocycles. The molecule has 13 heavy (non-hydrogen) atoms. The molecule has 0 aliphatic rings. The molecule has 0 unspecified atom stereocenters. The lowest BCUT2D eigenvalue weighted by Gasteiger charge is -2.04. The van der Waals surface area contributed by atoms with Crippen molar-refractivity contribution in [3.63, 3.8) is 0 Å². The van der Waals surface area contributed by atoms with Crippen LogP contribution in [0.5, 0.6) is 0 Å². The highest BCUT2D eigenvalue weighted by Gasteiger charge is 1.97. The van der Waals surface area contributed by atoms with Gasteiger partial charge in [-0.05, 0) is 35.7 Å². The molecule has 0 aliphatic carbocycles. The van der Waals surface area contributed by atoms with Gasteiger partial charge in [0.1, 0.15) is 0 Å². The highest BCUT2D eigenvalue weighted by molar-refractivity contribution is 7.59. The highest BCUT2D eigenvalue weighted by atomic mass is 32.1. The van der Waals surface area contributed by atoms with Crippen LogP contribution in [-0.2, 0) is 0 Å². The van der Waals surface area contributed by atoms with Gasteiger partial charge in [-0.15, -0.1) is 0 Å². The van der Waals surface area contributed by atoms with E-state index >= 15 is 0 Å². The molecule has 2 rings (SSSR count). The van der Waals surface area contributed by atoms with Crippen LogP contribution < -0.4 is 0 Å². The fourth-order valence-corrected chi connectivity index (χ4v) is 1.54. The Morgan fingerprint density at radius 1 is 0.846 bits per heavy atom. The van der Waals surface area contributed by atoms with Crippen LogP contribution in [0.1, 0.15) is 11.1 Å². The number of hydrogen-bond donors (Lipinski definition) is 0. The Balaban J connectivity index is 0.000000845. The molecule has 2 aromatic rings. The Morgan fingerprint density at radius 2 is 1.54 bits per heavy atom. The molecule has 0 spiro atoms. The third-order valence-electron chi connectivity index (χ3n) is 2.47. The van der Waals surface area contributed by atoms with Crippen molar-refractivity contribution in [2.75, 3.05) is 0 Å². The van der Waals surface area contributed by atoms with Crippen LogP contribution in [-0.4, -0.2) is 0 Å². The number of benzene rings is 2. The molecular formula is C12H14S. The van der Waals surface area contributed by atoms with E-state index in [9.17, 15) is 0 Å². The van der Waals surface area contributed by atoms with E-state index in [1.807, 2.05) is 0 Å². The molecule has 0 saturated heterocycles. The molecule has 2 aromatic carbocycles. The van der Waals surface area contributed by atoms with Gasteiger partial charge in [0.2, 0.25) is 0 Å². The van der Waals surface area contributed by atoms with Crippen LogP contribution in [0.2, 0.25) is 0 Å². The topological polar surface area (TPSA) is 0 Å². The van der Waals surface area contributed by atoms with Crippen LogP contribution in [0.4, 0.5) is 0 Å². The average molecular weight is 190 g/mol. The molecule has 0 aliphatic heterocycles. The molecular weight excluding hydrogens is 176 g/mol. The number of rotatable bonds is 0. The van der Waals surface area contributed by atoms with Crippen molar-refractivity contribution in [2.24, 2.45) is 0 Å². The molecule has 0 atom stereocenters. The molecule has 0 fully saturated rings. The first kappa shape index (κ1) is 10.1. The van der Waals surface area contributed by atoms with Crippen LogP contribution in [0.25, 0.3) is 10.8 Å². The van der Waals surface area contributed by atoms with Crippen molar-refractivity contribution in [1.29, 1.82) is 0 Å². The van der Waals surface area contributed by atoms with Crippen molar-refractivity contribution in [1.82, 2.24) is 0 Å². The minimum absolute atomic E-state index is 0. The zero-order valence-electron chi connectivity index (χ0n) is 7.96. The molecule has 0 nitrogen and oxygen atoms in total. The summed E-state index contributed by atoms with van der Waals surface area (Å²) in [5, 5.41) is 2.71. The second-order valence-electron chi connectivity index (χ2n) is 3.23. The van der Waals surface area contributed by atoms with E-state index in [0.717, 1.165) is 0 Å². The lowest BCUT2D eigenvalue weighted by atomic mass is 10.0. The van der Waals surface area contributed by atoms with Gasteiger partial charge >= 0.3 is 0 Å². The molecule has 0 amide bonds. The summed E-state index contributed by atoms with van der Waals surface area (Å²) in [7, 11) is 0. The monoisotopic (exact) mass is 190 g/mol. The summed E-state index contributed by atoms with van der Waals surface area (Å²) in [4.78, 5) is 0. The third-order valence-corrected chi connectivity index (χ3v) is 2.47. The Hall–Kier alpha value is -0.950. The minimum atomic E-state index is 0. The van der Waals surface area contributed by atoms with Gasteiger partial charge in [0.25, 0.3) is 0 Å². The maximum Gasteiger partial charge on any atom is -0.0152 e. The third kappa shape index (κ3) is 1.70. The molecule has 0 heterocycles. The average Bonchev–Trinajstić information content (AvgIpc) is 2.12. The van der Waals surface area contributed by atoms with Crippen molar-refractivity contribution in [2.45, 2.75) is 13.8 Å². The van der Waals surface area contributed by atoms with Crippen LogP contribution in [0, 0.1) is 13.8 Å². The first-order valence-electron chi connectivity index (χ1n) is 4.24. The predicted octanol–water partition coefficient (Wildman–Crippen LogP) is 3.57. The van der Waals surface area contributed by atoms with E-state index in [4.69, 9.17) is 0 Å². The van der Waals surface area contributed by atoms with Gasteiger partial charge in [-0.25, -0.2) is 0 Å². The van der Waals surface area contributed by atoms with Crippen molar-refractivity contribution >= 4 is 24.3 Å². The normalized spacial score (nSPS) is 9.69. The van der Waals surface area contributed by atoms with E-state index in [1.165, 1.54) is 21.9 Å². The van der Waals surface area contributed by atoms with Gasteiger partial charge in [-0.2, -0.15) is 13.5 Å². The van der Waals surface area contributed by atoms with E-state index in [-0.39, 0.29) is 13.5 Å².